The third kappa shape index (κ3) is 3.90. The predicted molar refractivity (Wildman–Crippen MR) is 87.5 cm³/mol. The Balaban J connectivity index is 2.12. The van der Waals surface area contributed by atoms with Crippen LogP contribution in [0.25, 0.3) is 0 Å². The van der Waals surface area contributed by atoms with Gasteiger partial charge in [0.15, 0.2) is 0 Å². The molecule has 3 nitrogen and oxygen atoms in total. The summed E-state index contributed by atoms with van der Waals surface area (Å²) in [5, 5.41) is 0.743. The minimum Gasteiger partial charge on any atom is -0.494 e. The second-order valence-electron chi connectivity index (χ2n) is 5.15. The molecule has 1 fully saturated rings. The Hall–Kier alpha value is -0.710. The standard InChI is InChI=1S/C16H26N2OS/c1-3-15-12-18(8-9-20-15)16(11-17)13-6-5-7-14(10-13)19-4-2/h5-7,10,15-16H,3-4,8-9,11-12,17H2,1-2H3. The normalized spacial score (nSPS) is 21.6. The number of thioether (sulfide) groups is 1. The molecular weight excluding hydrogens is 268 g/mol. The molecule has 1 heterocycles. The molecule has 0 spiro atoms. The molecule has 2 unspecified atom stereocenters. The zero-order valence-corrected chi connectivity index (χ0v) is 13.4. The van der Waals surface area contributed by atoms with Crippen LogP contribution in [-0.4, -0.2) is 42.1 Å². The van der Waals surface area contributed by atoms with Crippen molar-refractivity contribution in [3.63, 3.8) is 0 Å². The van der Waals surface area contributed by atoms with Gasteiger partial charge in [0.05, 0.1) is 6.61 Å². The molecule has 1 aromatic carbocycles. The number of nitrogens with zero attached hydrogens (tertiary/aromatic N) is 1. The number of ether oxygens (including phenoxy) is 1. The summed E-state index contributed by atoms with van der Waals surface area (Å²) in [6, 6.07) is 8.71. The third-order valence-electron chi connectivity index (χ3n) is 3.84. The van der Waals surface area contributed by atoms with Gasteiger partial charge in [-0.2, -0.15) is 11.8 Å². The summed E-state index contributed by atoms with van der Waals surface area (Å²) in [4.78, 5) is 2.54. The van der Waals surface area contributed by atoms with Gasteiger partial charge in [0.1, 0.15) is 5.75 Å². The third-order valence-corrected chi connectivity index (χ3v) is 5.22. The van der Waals surface area contributed by atoms with Crippen molar-refractivity contribution in [2.75, 3.05) is 32.0 Å². The molecule has 0 radical (unpaired) electrons. The molecule has 2 atom stereocenters. The fourth-order valence-corrected chi connectivity index (χ4v) is 3.95. The molecule has 2 rings (SSSR count). The van der Waals surface area contributed by atoms with Crippen molar-refractivity contribution in [1.82, 2.24) is 4.90 Å². The summed E-state index contributed by atoms with van der Waals surface area (Å²) in [6.45, 7) is 7.92. The lowest BCUT2D eigenvalue weighted by Gasteiger charge is -2.37. The molecule has 0 bridgehead atoms. The quantitative estimate of drug-likeness (QED) is 0.875. The van der Waals surface area contributed by atoms with E-state index in [1.807, 2.05) is 13.0 Å². The van der Waals surface area contributed by atoms with Gasteiger partial charge in [-0.05, 0) is 31.0 Å². The van der Waals surface area contributed by atoms with Crippen LogP contribution < -0.4 is 10.5 Å². The van der Waals surface area contributed by atoms with E-state index in [4.69, 9.17) is 10.5 Å². The molecule has 1 aliphatic heterocycles. The van der Waals surface area contributed by atoms with Crippen molar-refractivity contribution in [3.8, 4) is 5.75 Å². The molecule has 0 amide bonds. The molecule has 0 saturated carbocycles. The maximum atomic E-state index is 6.06. The second-order valence-corrected chi connectivity index (χ2v) is 6.56. The van der Waals surface area contributed by atoms with Crippen LogP contribution in [0, 0.1) is 0 Å². The van der Waals surface area contributed by atoms with E-state index in [1.54, 1.807) is 0 Å². The van der Waals surface area contributed by atoms with Crippen LogP contribution in [0.5, 0.6) is 5.75 Å². The van der Waals surface area contributed by atoms with Gasteiger partial charge in [-0.15, -0.1) is 0 Å². The topological polar surface area (TPSA) is 38.5 Å². The molecule has 1 aromatic rings. The smallest absolute Gasteiger partial charge is 0.119 e. The van der Waals surface area contributed by atoms with Crippen LogP contribution in [0.15, 0.2) is 24.3 Å². The van der Waals surface area contributed by atoms with Crippen molar-refractivity contribution >= 4 is 11.8 Å². The average Bonchev–Trinajstić information content (AvgIpc) is 2.49. The Morgan fingerprint density at radius 3 is 3.00 bits per heavy atom. The monoisotopic (exact) mass is 294 g/mol. The van der Waals surface area contributed by atoms with E-state index < -0.39 is 0 Å². The Morgan fingerprint density at radius 2 is 2.30 bits per heavy atom. The minimum atomic E-state index is 0.311. The predicted octanol–water partition coefficient (Wildman–Crippen LogP) is 2.91. The van der Waals surface area contributed by atoms with Gasteiger partial charge >= 0.3 is 0 Å². The van der Waals surface area contributed by atoms with Gasteiger partial charge in [-0.3, -0.25) is 4.90 Å². The molecule has 2 N–H and O–H groups in total. The zero-order chi connectivity index (χ0) is 14.4. The first-order valence-electron chi connectivity index (χ1n) is 7.57. The van der Waals surface area contributed by atoms with Gasteiger partial charge in [0, 0.05) is 36.7 Å². The van der Waals surface area contributed by atoms with E-state index in [2.05, 4.69) is 41.8 Å². The lowest BCUT2D eigenvalue weighted by atomic mass is 10.0. The van der Waals surface area contributed by atoms with Crippen molar-refractivity contribution in [2.45, 2.75) is 31.6 Å². The molecule has 1 aliphatic rings. The Labute approximate surface area is 126 Å². The van der Waals surface area contributed by atoms with E-state index in [0.717, 1.165) is 24.1 Å². The van der Waals surface area contributed by atoms with Gasteiger partial charge in [0.2, 0.25) is 0 Å². The number of nitrogens with two attached hydrogens (primary N) is 1. The van der Waals surface area contributed by atoms with Gasteiger partial charge in [0.25, 0.3) is 0 Å². The number of hydrogen-bond acceptors (Lipinski definition) is 4. The van der Waals surface area contributed by atoms with E-state index >= 15 is 0 Å². The summed E-state index contributed by atoms with van der Waals surface area (Å²) in [7, 11) is 0. The zero-order valence-electron chi connectivity index (χ0n) is 12.5. The highest BCUT2D eigenvalue weighted by Gasteiger charge is 2.25. The molecule has 4 heteroatoms. The van der Waals surface area contributed by atoms with Gasteiger partial charge in [-0.25, -0.2) is 0 Å². The SMILES string of the molecule is CCOc1cccc(C(CN)N2CCSC(CC)C2)c1. The first kappa shape index (κ1) is 15.7. The summed E-state index contributed by atoms with van der Waals surface area (Å²) >= 11 is 2.09. The summed E-state index contributed by atoms with van der Waals surface area (Å²) in [6.07, 6.45) is 1.23. The first-order chi connectivity index (χ1) is 9.78. The fraction of sp³-hybridized carbons (Fsp3) is 0.625. The molecule has 0 aromatic heterocycles. The Bertz CT molecular complexity index is 413. The van der Waals surface area contributed by atoms with Crippen molar-refractivity contribution in [3.05, 3.63) is 29.8 Å². The van der Waals surface area contributed by atoms with Crippen LogP contribution in [0.3, 0.4) is 0 Å². The summed E-state index contributed by atoms with van der Waals surface area (Å²) in [5.74, 6) is 2.15. The largest absolute Gasteiger partial charge is 0.494 e. The van der Waals surface area contributed by atoms with E-state index in [1.165, 1.54) is 17.7 Å². The molecule has 1 saturated heterocycles. The summed E-state index contributed by atoms with van der Waals surface area (Å²) < 4.78 is 5.61. The van der Waals surface area contributed by atoms with Crippen LogP contribution in [0.2, 0.25) is 0 Å². The minimum absolute atomic E-state index is 0.311. The average molecular weight is 294 g/mol. The van der Waals surface area contributed by atoms with Crippen LogP contribution >= 0.6 is 11.8 Å². The number of benzene rings is 1. The molecule has 0 aliphatic carbocycles. The fourth-order valence-electron chi connectivity index (χ4n) is 2.75. The number of rotatable bonds is 6. The van der Waals surface area contributed by atoms with Crippen molar-refractivity contribution < 1.29 is 4.74 Å². The van der Waals surface area contributed by atoms with E-state index in [0.29, 0.717) is 19.2 Å². The Morgan fingerprint density at radius 1 is 1.45 bits per heavy atom. The number of hydrogen-bond donors (Lipinski definition) is 1. The highest BCUT2D eigenvalue weighted by atomic mass is 32.2. The molecule has 112 valence electrons. The highest BCUT2D eigenvalue weighted by molar-refractivity contribution is 8.00. The maximum absolute atomic E-state index is 6.06. The Kier molecular flexibility index (Phi) is 6.20. The van der Waals surface area contributed by atoms with Crippen LogP contribution in [0.4, 0.5) is 0 Å². The lowest BCUT2D eigenvalue weighted by molar-refractivity contribution is 0.207. The molecular formula is C16H26N2OS. The van der Waals surface area contributed by atoms with E-state index in [9.17, 15) is 0 Å². The van der Waals surface area contributed by atoms with Crippen molar-refractivity contribution in [2.24, 2.45) is 5.73 Å². The first-order valence-corrected chi connectivity index (χ1v) is 8.61. The molecule has 20 heavy (non-hydrogen) atoms. The maximum Gasteiger partial charge on any atom is 0.119 e. The van der Waals surface area contributed by atoms with Crippen LogP contribution in [-0.2, 0) is 0 Å². The van der Waals surface area contributed by atoms with Crippen LogP contribution in [0.1, 0.15) is 31.9 Å². The lowest BCUT2D eigenvalue weighted by Crippen LogP contribution is -2.42. The highest BCUT2D eigenvalue weighted by Crippen LogP contribution is 2.29. The van der Waals surface area contributed by atoms with E-state index in [-0.39, 0.29) is 0 Å². The summed E-state index contributed by atoms with van der Waals surface area (Å²) in [5.41, 5.74) is 7.34. The second kappa shape index (κ2) is 7.91. The van der Waals surface area contributed by atoms with Gasteiger partial charge in [-0.1, -0.05) is 19.1 Å². The van der Waals surface area contributed by atoms with Gasteiger partial charge < -0.3 is 10.5 Å². The van der Waals surface area contributed by atoms with Crippen molar-refractivity contribution in [1.29, 1.82) is 0 Å².